The Labute approximate surface area is 139 Å². The summed E-state index contributed by atoms with van der Waals surface area (Å²) >= 11 is 0. The maximum absolute atomic E-state index is 5.78. The number of aryl methyl sites for hydroxylation is 1. The molecule has 0 saturated carbocycles. The molecule has 2 aromatic heterocycles. The smallest absolute Gasteiger partial charge is 0.163 e. The molecule has 0 spiro atoms. The van der Waals surface area contributed by atoms with E-state index in [2.05, 4.69) is 20.4 Å². The van der Waals surface area contributed by atoms with Crippen LogP contribution in [0.5, 0.6) is 5.75 Å². The molecule has 0 radical (unpaired) electrons. The summed E-state index contributed by atoms with van der Waals surface area (Å²) in [5, 5.41) is 8.40. The third kappa shape index (κ3) is 3.03. The number of rotatable bonds is 5. The number of aromatic nitrogens is 4. The number of nitrogens with zero attached hydrogens (tertiary/aromatic N) is 4. The van der Waals surface area contributed by atoms with E-state index in [1.165, 1.54) is 6.33 Å². The molecule has 0 amide bonds. The Hall–Kier alpha value is -2.67. The second-order valence-electron chi connectivity index (χ2n) is 5.82. The van der Waals surface area contributed by atoms with Gasteiger partial charge in [-0.05, 0) is 37.1 Å². The fourth-order valence-electron chi connectivity index (χ4n) is 2.80. The third-order valence-corrected chi connectivity index (χ3v) is 4.11. The lowest BCUT2D eigenvalue weighted by molar-refractivity contribution is 0.0679. The van der Waals surface area contributed by atoms with Gasteiger partial charge >= 0.3 is 0 Å². The topological polar surface area (TPSA) is 74.1 Å². The van der Waals surface area contributed by atoms with Crippen molar-refractivity contribution in [3.05, 3.63) is 36.8 Å². The van der Waals surface area contributed by atoms with Gasteiger partial charge in [0.25, 0.3) is 0 Å². The molecule has 124 valence electrons. The minimum absolute atomic E-state index is 0.225. The van der Waals surface area contributed by atoms with Gasteiger partial charge in [0.05, 0.1) is 17.7 Å². The van der Waals surface area contributed by atoms with Gasteiger partial charge in [-0.3, -0.25) is 4.68 Å². The first-order valence-electron chi connectivity index (χ1n) is 8.04. The number of hydrogen-bond donors (Lipinski definition) is 1. The summed E-state index contributed by atoms with van der Waals surface area (Å²) in [6.07, 6.45) is 5.72. The molecule has 4 rings (SSSR count). The molecule has 0 aliphatic carbocycles. The van der Waals surface area contributed by atoms with Crippen molar-refractivity contribution in [3.63, 3.8) is 0 Å². The van der Waals surface area contributed by atoms with Crippen LogP contribution in [0, 0.1) is 0 Å². The zero-order chi connectivity index (χ0) is 16.4. The molecule has 1 fully saturated rings. The largest absolute Gasteiger partial charge is 0.491 e. The van der Waals surface area contributed by atoms with Crippen LogP contribution in [-0.2, 0) is 11.8 Å². The van der Waals surface area contributed by atoms with Gasteiger partial charge in [0.1, 0.15) is 24.5 Å². The van der Waals surface area contributed by atoms with Crippen LogP contribution in [0.25, 0.3) is 11.0 Å². The summed E-state index contributed by atoms with van der Waals surface area (Å²) in [7, 11) is 1.86. The molecule has 3 aromatic rings. The molecule has 7 heteroatoms. The highest BCUT2D eigenvalue weighted by Gasteiger charge is 2.16. The number of hydrogen-bond acceptors (Lipinski definition) is 6. The number of nitrogens with one attached hydrogen (secondary N) is 1. The first-order valence-corrected chi connectivity index (χ1v) is 8.04. The van der Waals surface area contributed by atoms with E-state index >= 15 is 0 Å². The fraction of sp³-hybridized carbons (Fsp3) is 0.353. The Morgan fingerprint density at radius 1 is 1.29 bits per heavy atom. The molecule has 1 aromatic carbocycles. The monoisotopic (exact) mass is 325 g/mol. The average molecular weight is 325 g/mol. The van der Waals surface area contributed by atoms with Gasteiger partial charge < -0.3 is 14.8 Å². The Balaban J connectivity index is 1.44. The van der Waals surface area contributed by atoms with E-state index in [4.69, 9.17) is 9.47 Å². The summed E-state index contributed by atoms with van der Waals surface area (Å²) in [5.74, 6) is 1.58. The van der Waals surface area contributed by atoms with Crippen molar-refractivity contribution in [1.82, 2.24) is 19.7 Å². The normalized spacial score (nSPS) is 17.3. The van der Waals surface area contributed by atoms with Crippen molar-refractivity contribution in [1.29, 1.82) is 0 Å². The molecular formula is C17H19N5O2. The molecule has 1 N–H and O–H groups in total. The predicted molar refractivity (Wildman–Crippen MR) is 90.5 cm³/mol. The molecule has 1 atom stereocenters. The van der Waals surface area contributed by atoms with Crippen LogP contribution in [0.1, 0.15) is 12.8 Å². The van der Waals surface area contributed by atoms with Gasteiger partial charge in [0.2, 0.25) is 0 Å². The molecule has 0 unspecified atom stereocenters. The van der Waals surface area contributed by atoms with Gasteiger partial charge in [0.15, 0.2) is 5.65 Å². The van der Waals surface area contributed by atoms with Gasteiger partial charge in [-0.2, -0.15) is 5.10 Å². The Morgan fingerprint density at radius 2 is 2.17 bits per heavy atom. The minimum Gasteiger partial charge on any atom is -0.491 e. The van der Waals surface area contributed by atoms with E-state index < -0.39 is 0 Å². The third-order valence-electron chi connectivity index (χ3n) is 4.11. The quantitative estimate of drug-likeness (QED) is 0.777. The van der Waals surface area contributed by atoms with Crippen LogP contribution >= 0.6 is 0 Å². The van der Waals surface area contributed by atoms with Crippen LogP contribution in [0.4, 0.5) is 11.5 Å². The Morgan fingerprint density at radius 3 is 2.96 bits per heavy atom. The molecular weight excluding hydrogens is 306 g/mol. The lowest BCUT2D eigenvalue weighted by atomic mass is 10.2. The lowest BCUT2D eigenvalue weighted by Crippen LogP contribution is -2.16. The van der Waals surface area contributed by atoms with Crippen LogP contribution in [0.15, 0.2) is 36.8 Å². The highest BCUT2D eigenvalue weighted by molar-refractivity contribution is 5.88. The summed E-state index contributed by atoms with van der Waals surface area (Å²) in [4.78, 5) is 8.54. The lowest BCUT2D eigenvalue weighted by Gasteiger charge is -2.12. The summed E-state index contributed by atoms with van der Waals surface area (Å²) < 4.78 is 13.1. The highest BCUT2D eigenvalue weighted by Crippen LogP contribution is 2.24. The predicted octanol–water partition coefficient (Wildman–Crippen LogP) is 2.66. The van der Waals surface area contributed by atoms with Crippen molar-refractivity contribution in [3.8, 4) is 5.75 Å². The Bertz CT molecular complexity index is 825. The van der Waals surface area contributed by atoms with E-state index in [1.807, 2.05) is 31.3 Å². The number of benzene rings is 1. The van der Waals surface area contributed by atoms with Crippen molar-refractivity contribution >= 4 is 22.5 Å². The summed E-state index contributed by atoms with van der Waals surface area (Å²) in [6, 6.07) is 7.82. The minimum atomic E-state index is 0.225. The maximum atomic E-state index is 5.78. The van der Waals surface area contributed by atoms with Gasteiger partial charge in [-0.1, -0.05) is 0 Å². The zero-order valence-corrected chi connectivity index (χ0v) is 13.5. The molecule has 24 heavy (non-hydrogen) atoms. The number of ether oxygens (including phenoxy) is 2. The number of fused-ring (bicyclic) bond motifs is 1. The van der Waals surface area contributed by atoms with Gasteiger partial charge in [-0.15, -0.1) is 0 Å². The Kier molecular flexibility index (Phi) is 4.00. The van der Waals surface area contributed by atoms with Crippen molar-refractivity contribution < 1.29 is 9.47 Å². The molecule has 0 bridgehead atoms. The van der Waals surface area contributed by atoms with E-state index in [1.54, 1.807) is 10.9 Å². The molecule has 7 nitrogen and oxygen atoms in total. The van der Waals surface area contributed by atoms with E-state index in [0.717, 1.165) is 47.7 Å². The van der Waals surface area contributed by atoms with Crippen LogP contribution in [0.3, 0.4) is 0 Å². The summed E-state index contributed by atoms with van der Waals surface area (Å²) in [5.41, 5.74) is 1.73. The van der Waals surface area contributed by atoms with Crippen LogP contribution in [-0.4, -0.2) is 39.1 Å². The van der Waals surface area contributed by atoms with Gasteiger partial charge in [0, 0.05) is 19.3 Å². The van der Waals surface area contributed by atoms with Crippen molar-refractivity contribution in [2.24, 2.45) is 7.05 Å². The standard InChI is InChI=1S/C17H19N5O2/c1-22-17-15(9-20-22)16(18-11-19-17)21-12-4-6-13(7-5-12)24-10-14-3-2-8-23-14/h4-7,9,11,14H,2-3,8,10H2,1H3,(H,18,19,21)/t14-/m1/s1. The second kappa shape index (κ2) is 6.45. The van der Waals surface area contributed by atoms with Crippen molar-refractivity contribution in [2.75, 3.05) is 18.5 Å². The van der Waals surface area contributed by atoms with E-state index in [9.17, 15) is 0 Å². The fourth-order valence-corrected chi connectivity index (χ4v) is 2.80. The summed E-state index contributed by atoms with van der Waals surface area (Å²) in [6.45, 7) is 1.45. The SMILES string of the molecule is Cn1ncc2c(Nc3ccc(OC[C@H]4CCCO4)cc3)ncnc21. The maximum Gasteiger partial charge on any atom is 0.163 e. The molecule has 3 heterocycles. The first kappa shape index (κ1) is 14.9. The van der Waals surface area contributed by atoms with Crippen molar-refractivity contribution in [2.45, 2.75) is 18.9 Å². The second-order valence-corrected chi connectivity index (χ2v) is 5.82. The van der Waals surface area contributed by atoms with E-state index in [-0.39, 0.29) is 6.10 Å². The van der Waals surface area contributed by atoms with Crippen LogP contribution in [0.2, 0.25) is 0 Å². The van der Waals surface area contributed by atoms with E-state index in [0.29, 0.717) is 6.61 Å². The zero-order valence-electron chi connectivity index (χ0n) is 13.5. The highest BCUT2D eigenvalue weighted by atomic mass is 16.5. The number of anilines is 2. The first-order chi connectivity index (χ1) is 11.8. The molecule has 1 aliphatic heterocycles. The van der Waals surface area contributed by atoms with Crippen LogP contribution < -0.4 is 10.1 Å². The molecule has 1 saturated heterocycles. The average Bonchev–Trinajstić information content (AvgIpc) is 3.25. The molecule has 1 aliphatic rings. The van der Waals surface area contributed by atoms with Gasteiger partial charge in [-0.25, -0.2) is 9.97 Å².